The van der Waals surface area contributed by atoms with Crippen LogP contribution in [0.1, 0.15) is 44.1 Å². The van der Waals surface area contributed by atoms with Gasteiger partial charge in [-0.15, -0.1) is 0 Å². The number of hydrogen-bond donors (Lipinski definition) is 0. The molecule has 2 heterocycles. The lowest BCUT2D eigenvalue weighted by Gasteiger charge is -2.26. The third kappa shape index (κ3) is 3.65. The van der Waals surface area contributed by atoms with Crippen molar-refractivity contribution in [1.82, 2.24) is 4.90 Å². The predicted molar refractivity (Wildman–Crippen MR) is 83.1 cm³/mol. The molecule has 1 aromatic carbocycles. The van der Waals surface area contributed by atoms with Crippen molar-refractivity contribution in [1.29, 1.82) is 0 Å². The Balaban J connectivity index is 1.50. The molecule has 3 nitrogen and oxygen atoms in total. The first-order chi connectivity index (χ1) is 10.3. The van der Waals surface area contributed by atoms with E-state index in [2.05, 4.69) is 29.2 Å². The molecule has 114 valence electrons. The molecule has 2 saturated heterocycles. The number of ether oxygens (including phenoxy) is 1. The van der Waals surface area contributed by atoms with Gasteiger partial charge in [0, 0.05) is 26.1 Å². The van der Waals surface area contributed by atoms with Gasteiger partial charge in [-0.1, -0.05) is 30.3 Å². The average molecular weight is 287 g/mol. The van der Waals surface area contributed by atoms with E-state index in [0.29, 0.717) is 12.3 Å². The summed E-state index contributed by atoms with van der Waals surface area (Å²) in [6, 6.07) is 10.5. The van der Waals surface area contributed by atoms with E-state index in [1.54, 1.807) is 0 Å². The van der Waals surface area contributed by atoms with E-state index in [0.717, 1.165) is 58.2 Å². The second kappa shape index (κ2) is 6.61. The Bertz CT molecular complexity index is 465. The number of likely N-dealkylation sites (tertiary alicyclic amines) is 1. The molecule has 0 bridgehead atoms. The SMILES string of the molecule is O=C1CC[C@@]2(CCCO2)CCN1CCCc1ccccc1. The fourth-order valence-electron chi connectivity index (χ4n) is 3.59. The summed E-state index contributed by atoms with van der Waals surface area (Å²) in [5.41, 5.74) is 1.37. The maximum absolute atomic E-state index is 12.3. The lowest BCUT2D eigenvalue weighted by atomic mass is 9.92. The number of hydrogen-bond acceptors (Lipinski definition) is 2. The minimum Gasteiger partial charge on any atom is -0.375 e. The zero-order valence-corrected chi connectivity index (χ0v) is 12.7. The summed E-state index contributed by atoms with van der Waals surface area (Å²) < 4.78 is 5.95. The molecule has 21 heavy (non-hydrogen) atoms. The van der Waals surface area contributed by atoms with Gasteiger partial charge < -0.3 is 9.64 Å². The number of nitrogens with zero attached hydrogens (tertiary/aromatic N) is 1. The van der Waals surface area contributed by atoms with Crippen LogP contribution in [0.2, 0.25) is 0 Å². The van der Waals surface area contributed by atoms with Crippen LogP contribution in [0.4, 0.5) is 0 Å². The lowest BCUT2D eigenvalue weighted by molar-refractivity contribution is -0.130. The summed E-state index contributed by atoms with van der Waals surface area (Å²) in [5.74, 6) is 0.315. The smallest absolute Gasteiger partial charge is 0.222 e. The van der Waals surface area contributed by atoms with Gasteiger partial charge in [0.2, 0.25) is 5.91 Å². The van der Waals surface area contributed by atoms with Gasteiger partial charge in [0.25, 0.3) is 0 Å². The highest BCUT2D eigenvalue weighted by Crippen LogP contribution is 2.35. The maximum atomic E-state index is 12.3. The summed E-state index contributed by atoms with van der Waals surface area (Å²) in [6.45, 7) is 2.62. The van der Waals surface area contributed by atoms with E-state index in [1.165, 1.54) is 5.56 Å². The number of rotatable bonds is 4. The normalized spacial score (nSPS) is 26.3. The van der Waals surface area contributed by atoms with E-state index in [4.69, 9.17) is 4.74 Å². The van der Waals surface area contributed by atoms with Crippen LogP contribution in [0.25, 0.3) is 0 Å². The third-order valence-electron chi connectivity index (χ3n) is 4.91. The molecule has 3 heteroatoms. The van der Waals surface area contributed by atoms with E-state index in [9.17, 15) is 4.79 Å². The van der Waals surface area contributed by atoms with Gasteiger partial charge in [-0.2, -0.15) is 0 Å². The number of benzene rings is 1. The molecule has 3 rings (SSSR count). The maximum Gasteiger partial charge on any atom is 0.222 e. The highest BCUT2D eigenvalue weighted by molar-refractivity contribution is 5.76. The van der Waals surface area contributed by atoms with Crippen LogP contribution in [0.5, 0.6) is 0 Å². The largest absolute Gasteiger partial charge is 0.375 e. The van der Waals surface area contributed by atoms with Crippen LogP contribution in [0, 0.1) is 0 Å². The Kier molecular flexibility index (Phi) is 4.59. The fourth-order valence-corrected chi connectivity index (χ4v) is 3.59. The minimum atomic E-state index is 0.0177. The first-order valence-corrected chi connectivity index (χ1v) is 8.23. The van der Waals surface area contributed by atoms with Crippen LogP contribution >= 0.6 is 0 Å². The molecular weight excluding hydrogens is 262 g/mol. The molecule has 2 fully saturated rings. The second-order valence-electron chi connectivity index (χ2n) is 6.35. The average Bonchev–Trinajstić information content (AvgIpc) is 2.92. The molecule has 1 atom stereocenters. The molecule has 0 N–H and O–H groups in total. The van der Waals surface area contributed by atoms with Gasteiger partial charge in [-0.3, -0.25) is 4.79 Å². The molecule has 2 aliphatic heterocycles. The Morgan fingerprint density at radius 1 is 1.14 bits per heavy atom. The van der Waals surface area contributed by atoms with Crippen molar-refractivity contribution in [3.8, 4) is 0 Å². The highest BCUT2D eigenvalue weighted by Gasteiger charge is 2.38. The number of carbonyl (C=O) groups excluding carboxylic acids is 1. The Morgan fingerprint density at radius 2 is 2.00 bits per heavy atom. The van der Waals surface area contributed by atoms with Gasteiger partial charge in [0.15, 0.2) is 0 Å². The van der Waals surface area contributed by atoms with Crippen LogP contribution in [0.3, 0.4) is 0 Å². The van der Waals surface area contributed by atoms with Crippen molar-refractivity contribution in [3.05, 3.63) is 35.9 Å². The van der Waals surface area contributed by atoms with Crippen molar-refractivity contribution in [2.45, 2.75) is 50.5 Å². The van der Waals surface area contributed by atoms with Crippen LogP contribution in [-0.4, -0.2) is 36.1 Å². The standard InChI is InChI=1S/C18H25NO2/c20-17-9-11-18(10-5-15-21-18)12-14-19(17)13-4-8-16-6-2-1-3-7-16/h1-3,6-7H,4-5,8-15H2/t18-/m0/s1. The second-order valence-corrected chi connectivity index (χ2v) is 6.35. The highest BCUT2D eigenvalue weighted by atomic mass is 16.5. The Hall–Kier alpha value is -1.35. The van der Waals surface area contributed by atoms with Crippen molar-refractivity contribution in [2.75, 3.05) is 19.7 Å². The first kappa shape index (κ1) is 14.6. The molecule has 0 aliphatic carbocycles. The molecule has 1 spiro atoms. The van der Waals surface area contributed by atoms with Crippen molar-refractivity contribution < 1.29 is 9.53 Å². The van der Waals surface area contributed by atoms with Gasteiger partial charge in [0.1, 0.15) is 0 Å². The summed E-state index contributed by atoms with van der Waals surface area (Å²) in [5, 5.41) is 0. The van der Waals surface area contributed by atoms with Crippen molar-refractivity contribution >= 4 is 5.91 Å². The molecule has 0 aromatic heterocycles. The summed E-state index contributed by atoms with van der Waals surface area (Å²) in [7, 11) is 0. The minimum absolute atomic E-state index is 0.0177. The Morgan fingerprint density at radius 3 is 2.76 bits per heavy atom. The van der Waals surface area contributed by atoms with E-state index >= 15 is 0 Å². The van der Waals surface area contributed by atoms with Crippen LogP contribution in [-0.2, 0) is 16.0 Å². The number of aryl methyl sites for hydroxylation is 1. The first-order valence-electron chi connectivity index (χ1n) is 8.23. The molecule has 1 amide bonds. The molecule has 0 saturated carbocycles. The molecule has 0 radical (unpaired) electrons. The van der Waals surface area contributed by atoms with Crippen molar-refractivity contribution in [3.63, 3.8) is 0 Å². The molecule has 0 unspecified atom stereocenters. The zero-order valence-electron chi connectivity index (χ0n) is 12.7. The molecular formula is C18H25NO2. The Labute approximate surface area is 127 Å². The monoisotopic (exact) mass is 287 g/mol. The summed E-state index contributed by atoms with van der Waals surface area (Å²) >= 11 is 0. The topological polar surface area (TPSA) is 29.5 Å². The zero-order chi connectivity index (χ0) is 14.5. The van der Waals surface area contributed by atoms with Gasteiger partial charge in [-0.25, -0.2) is 0 Å². The van der Waals surface area contributed by atoms with Gasteiger partial charge in [0.05, 0.1) is 5.60 Å². The van der Waals surface area contributed by atoms with Gasteiger partial charge in [-0.05, 0) is 44.1 Å². The van der Waals surface area contributed by atoms with Gasteiger partial charge >= 0.3 is 0 Å². The molecule has 2 aliphatic rings. The number of carbonyl (C=O) groups is 1. The van der Waals surface area contributed by atoms with E-state index in [1.807, 2.05) is 6.07 Å². The summed E-state index contributed by atoms with van der Waals surface area (Å²) in [6.07, 6.45) is 6.98. The van der Waals surface area contributed by atoms with E-state index in [-0.39, 0.29) is 5.60 Å². The summed E-state index contributed by atoms with van der Waals surface area (Å²) in [4.78, 5) is 14.3. The number of amides is 1. The van der Waals surface area contributed by atoms with Crippen LogP contribution in [0.15, 0.2) is 30.3 Å². The quantitative estimate of drug-likeness (QED) is 0.851. The lowest BCUT2D eigenvalue weighted by Crippen LogP contribution is -2.33. The fraction of sp³-hybridized carbons (Fsp3) is 0.611. The van der Waals surface area contributed by atoms with E-state index < -0.39 is 0 Å². The molecule has 1 aromatic rings. The predicted octanol–water partition coefficient (Wildman–Crippen LogP) is 3.18. The third-order valence-corrected chi connectivity index (χ3v) is 4.91. The van der Waals surface area contributed by atoms with Crippen LogP contribution < -0.4 is 0 Å². The van der Waals surface area contributed by atoms with Crippen molar-refractivity contribution in [2.24, 2.45) is 0 Å².